The summed E-state index contributed by atoms with van der Waals surface area (Å²) in [5, 5.41) is 0. The Morgan fingerprint density at radius 2 is 1.08 bits per heavy atom. The second-order valence-corrected chi connectivity index (χ2v) is 5.36. The van der Waals surface area contributed by atoms with E-state index in [1.54, 1.807) is 24.3 Å². The maximum Gasteiger partial charge on any atom is 0.108 e. The largest absolute Gasteiger partial charge is 0.642 e. The molecule has 25 heavy (non-hydrogen) atoms. The number of rotatable bonds is 2. The van der Waals surface area contributed by atoms with Gasteiger partial charge in [0.2, 0.25) is 0 Å². The van der Waals surface area contributed by atoms with Crippen LogP contribution < -0.4 is 0 Å². The van der Waals surface area contributed by atoms with Crippen molar-refractivity contribution in [3.05, 3.63) is 109 Å². The normalized spacial score (nSPS) is 9.68. The molecule has 0 aliphatic rings. The van der Waals surface area contributed by atoms with Crippen molar-refractivity contribution in [2.75, 3.05) is 0 Å². The second kappa shape index (κ2) is 9.20. The molecule has 0 N–H and O–H groups in total. The molecule has 0 atom stereocenters. The second-order valence-electron chi connectivity index (χ2n) is 5.36. The number of hydrogen-bond donors (Lipinski definition) is 0. The van der Waals surface area contributed by atoms with Crippen molar-refractivity contribution in [3.63, 3.8) is 0 Å². The van der Waals surface area contributed by atoms with Gasteiger partial charge in [-0.1, -0.05) is 17.7 Å². The Kier molecular flexibility index (Phi) is 6.97. The van der Waals surface area contributed by atoms with Crippen LogP contribution in [-0.2, 0) is 19.5 Å². The SMILES string of the molecule is Fc1ccc(-[c-]2[cH-][cH-][cH-][cH-]2)cc1.Fc1ccc(-[c-]2cccc2)cc1.[Ru]. The topological polar surface area (TPSA) is 0 Å². The fourth-order valence-electron chi connectivity index (χ4n) is 2.42. The summed E-state index contributed by atoms with van der Waals surface area (Å²) < 4.78 is 25.1. The number of benzene rings is 2. The van der Waals surface area contributed by atoms with Crippen LogP contribution in [0.25, 0.3) is 22.3 Å². The van der Waals surface area contributed by atoms with Crippen molar-refractivity contribution >= 4 is 0 Å². The summed E-state index contributed by atoms with van der Waals surface area (Å²) in [4.78, 5) is 0. The van der Waals surface area contributed by atoms with Gasteiger partial charge in [-0.15, -0.1) is 29.8 Å². The van der Waals surface area contributed by atoms with Gasteiger partial charge in [-0.25, -0.2) is 8.78 Å². The molecule has 0 heterocycles. The maximum absolute atomic E-state index is 12.5. The van der Waals surface area contributed by atoms with E-state index >= 15 is 0 Å². The van der Waals surface area contributed by atoms with Gasteiger partial charge in [-0.3, -0.25) is 0 Å². The minimum atomic E-state index is -0.190. The zero-order valence-electron chi connectivity index (χ0n) is 13.3. The van der Waals surface area contributed by atoms with Gasteiger partial charge >= 0.3 is 0 Å². The van der Waals surface area contributed by atoms with Crippen LogP contribution >= 0.6 is 0 Å². The molecule has 0 aliphatic heterocycles. The van der Waals surface area contributed by atoms with E-state index in [9.17, 15) is 8.78 Å². The Hall–Kier alpha value is -2.38. The smallest absolute Gasteiger partial charge is 0.108 e. The van der Waals surface area contributed by atoms with Gasteiger partial charge in [0.1, 0.15) is 5.82 Å². The first-order valence-corrected chi connectivity index (χ1v) is 7.68. The van der Waals surface area contributed by atoms with Crippen LogP contribution in [0, 0.1) is 11.6 Å². The third-order valence-corrected chi connectivity index (χ3v) is 3.68. The third-order valence-electron chi connectivity index (χ3n) is 3.68. The molecule has 132 valence electrons. The summed E-state index contributed by atoms with van der Waals surface area (Å²) in [6.45, 7) is 0. The summed E-state index contributed by atoms with van der Waals surface area (Å²) in [6, 6.07) is 28.9. The van der Waals surface area contributed by atoms with E-state index in [0.29, 0.717) is 0 Å². The molecule has 0 nitrogen and oxygen atoms in total. The van der Waals surface area contributed by atoms with Crippen LogP contribution in [0.4, 0.5) is 8.78 Å². The van der Waals surface area contributed by atoms with Crippen molar-refractivity contribution in [2.45, 2.75) is 0 Å². The van der Waals surface area contributed by atoms with Crippen molar-refractivity contribution in [3.8, 4) is 22.3 Å². The fraction of sp³-hybridized carbons (Fsp3) is 0. The van der Waals surface area contributed by atoms with Gasteiger partial charge < -0.3 is 47.5 Å². The number of halogens is 2. The molecule has 4 aromatic carbocycles. The molecule has 0 amide bonds. The van der Waals surface area contributed by atoms with Gasteiger partial charge in [0.25, 0.3) is 0 Å². The van der Waals surface area contributed by atoms with Crippen LogP contribution in [0.1, 0.15) is 0 Å². The molecule has 0 unspecified atom stereocenters. The fourth-order valence-corrected chi connectivity index (χ4v) is 2.42. The van der Waals surface area contributed by atoms with E-state index in [4.69, 9.17) is 0 Å². The summed E-state index contributed by atoms with van der Waals surface area (Å²) in [5.74, 6) is -0.379. The van der Waals surface area contributed by atoms with Crippen molar-refractivity contribution in [1.82, 2.24) is 0 Å². The quantitative estimate of drug-likeness (QED) is 0.260. The van der Waals surface area contributed by atoms with Gasteiger partial charge in [0.15, 0.2) is 0 Å². The van der Waals surface area contributed by atoms with Gasteiger partial charge in [0.05, 0.1) is 5.82 Å². The predicted molar refractivity (Wildman–Crippen MR) is 94.9 cm³/mol. The zero-order valence-corrected chi connectivity index (χ0v) is 15.1. The van der Waals surface area contributed by atoms with Crippen LogP contribution in [0.15, 0.2) is 97.1 Å². The molecule has 4 rings (SSSR count). The number of hydrogen-bond acceptors (Lipinski definition) is 0. The molecular weight excluding hydrogens is 403 g/mol. The van der Waals surface area contributed by atoms with Gasteiger partial charge in [0, 0.05) is 19.5 Å². The molecule has 0 radical (unpaired) electrons. The third kappa shape index (κ3) is 5.30. The molecule has 0 saturated heterocycles. The van der Waals surface area contributed by atoms with Crippen LogP contribution in [0.2, 0.25) is 0 Å². The Morgan fingerprint density at radius 1 is 0.640 bits per heavy atom. The zero-order chi connectivity index (χ0) is 16.8. The Morgan fingerprint density at radius 3 is 1.56 bits per heavy atom. The summed E-state index contributed by atoms with van der Waals surface area (Å²) in [7, 11) is 0. The maximum atomic E-state index is 12.5. The van der Waals surface area contributed by atoms with E-state index < -0.39 is 0 Å². The van der Waals surface area contributed by atoms with Crippen LogP contribution in [0.5, 0.6) is 0 Å². The van der Waals surface area contributed by atoms with Crippen molar-refractivity contribution in [1.29, 1.82) is 0 Å². The standard InChI is InChI=1S/2C11H8F.Ru/c2*12-11-7-5-10(6-8-11)9-3-1-2-4-9;/h2*1-8H;/q-5;-1;. The van der Waals surface area contributed by atoms with E-state index in [0.717, 1.165) is 22.3 Å². The molecule has 0 saturated carbocycles. The minimum Gasteiger partial charge on any atom is -0.642 e. The van der Waals surface area contributed by atoms with E-state index in [-0.39, 0.29) is 31.1 Å². The first-order valence-electron chi connectivity index (χ1n) is 7.68. The summed E-state index contributed by atoms with van der Waals surface area (Å²) in [6.07, 6.45) is 0. The molecule has 3 heteroatoms. The Labute approximate surface area is 159 Å². The molecule has 0 fully saturated rings. The Balaban J connectivity index is 0.000000173. The Bertz CT molecular complexity index is 768. The monoisotopic (exact) mass is 420 g/mol. The minimum absolute atomic E-state index is 0. The first kappa shape index (κ1) is 19.0. The van der Waals surface area contributed by atoms with Crippen LogP contribution in [-0.4, -0.2) is 0 Å². The average molecular weight is 419 g/mol. The van der Waals surface area contributed by atoms with Gasteiger partial charge in [-0.05, 0) is 0 Å². The van der Waals surface area contributed by atoms with Crippen molar-refractivity contribution < 1.29 is 28.3 Å². The molecule has 0 aliphatic carbocycles. The van der Waals surface area contributed by atoms with E-state index in [1.807, 2.05) is 48.5 Å². The molecule has 0 spiro atoms. The molecular formula is C22H16F2Ru-6. The molecule has 0 bridgehead atoms. The van der Waals surface area contributed by atoms with E-state index in [2.05, 4.69) is 0 Å². The van der Waals surface area contributed by atoms with Crippen LogP contribution in [0.3, 0.4) is 0 Å². The summed E-state index contributed by atoms with van der Waals surface area (Å²) >= 11 is 0. The predicted octanol–water partition coefficient (Wildman–Crippen LogP) is 6.42. The molecule has 4 aromatic rings. The average Bonchev–Trinajstić information content (AvgIpc) is 3.31. The van der Waals surface area contributed by atoms with Crippen molar-refractivity contribution in [2.24, 2.45) is 0 Å². The van der Waals surface area contributed by atoms with E-state index in [1.165, 1.54) is 24.3 Å². The summed E-state index contributed by atoms with van der Waals surface area (Å²) in [5.41, 5.74) is 4.38. The van der Waals surface area contributed by atoms with Gasteiger partial charge in [-0.2, -0.15) is 24.3 Å². The first-order chi connectivity index (χ1) is 11.7. The molecule has 0 aromatic heterocycles.